The lowest BCUT2D eigenvalue weighted by atomic mass is 10.2. The third-order valence-electron chi connectivity index (χ3n) is 3.58. The molecule has 0 N–H and O–H groups in total. The number of aryl methyl sites for hydroxylation is 1. The standard InChI is InChI=1S/C17H14FNO5S2/c1-11-3-9-14(10-4-11)26(22,23)16-17(25(2,20)21)24-15(19-16)12-5-7-13(18)8-6-12/h3-10H,1-2H3. The first-order chi connectivity index (χ1) is 12.1. The summed E-state index contributed by atoms with van der Waals surface area (Å²) in [5, 5.41) is -1.44. The first-order valence-corrected chi connectivity index (χ1v) is 10.7. The van der Waals surface area contributed by atoms with E-state index in [1.807, 2.05) is 0 Å². The average molecular weight is 395 g/mol. The molecule has 26 heavy (non-hydrogen) atoms. The molecule has 0 unspecified atom stereocenters. The first-order valence-electron chi connectivity index (χ1n) is 7.37. The third-order valence-corrected chi connectivity index (χ3v) is 6.34. The van der Waals surface area contributed by atoms with Crippen molar-refractivity contribution < 1.29 is 25.6 Å². The van der Waals surface area contributed by atoms with E-state index in [0.717, 1.165) is 24.0 Å². The molecule has 0 atom stereocenters. The van der Waals surface area contributed by atoms with Crippen LogP contribution >= 0.6 is 0 Å². The molecule has 0 bridgehead atoms. The summed E-state index contributed by atoms with van der Waals surface area (Å²) in [4.78, 5) is 3.79. The summed E-state index contributed by atoms with van der Waals surface area (Å²) in [5.74, 6) is -0.729. The Bertz CT molecular complexity index is 1160. The Hall–Kier alpha value is -2.52. The number of rotatable bonds is 4. The summed E-state index contributed by atoms with van der Waals surface area (Å²) >= 11 is 0. The van der Waals surface area contributed by atoms with Crippen molar-refractivity contribution in [1.29, 1.82) is 0 Å². The molecule has 0 saturated heterocycles. The number of nitrogens with zero attached hydrogens (tertiary/aromatic N) is 1. The van der Waals surface area contributed by atoms with Gasteiger partial charge in [0.1, 0.15) is 5.82 Å². The molecule has 2 aromatic carbocycles. The average Bonchev–Trinajstić information content (AvgIpc) is 3.02. The minimum atomic E-state index is -4.22. The Morgan fingerprint density at radius 2 is 1.50 bits per heavy atom. The molecule has 0 radical (unpaired) electrons. The number of halogens is 1. The number of oxazole rings is 1. The molecule has 3 aromatic rings. The highest BCUT2D eigenvalue weighted by Crippen LogP contribution is 2.31. The van der Waals surface area contributed by atoms with Gasteiger partial charge in [0.05, 0.1) is 4.90 Å². The van der Waals surface area contributed by atoms with Gasteiger partial charge in [0.2, 0.25) is 30.6 Å². The fraction of sp³-hybridized carbons (Fsp3) is 0.118. The lowest BCUT2D eigenvalue weighted by Crippen LogP contribution is -2.08. The normalized spacial score (nSPS) is 12.3. The van der Waals surface area contributed by atoms with Gasteiger partial charge < -0.3 is 4.42 Å². The molecule has 1 aromatic heterocycles. The smallest absolute Gasteiger partial charge is 0.258 e. The minimum absolute atomic E-state index is 0.105. The van der Waals surface area contributed by atoms with Crippen molar-refractivity contribution in [1.82, 2.24) is 4.98 Å². The van der Waals surface area contributed by atoms with E-state index >= 15 is 0 Å². The topological polar surface area (TPSA) is 94.3 Å². The summed E-state index contributed by atoms with van der Waals surface area (Å²) in [7, 11) is -8.23. The van der Waals surface area contributed by atoms with E-state index in [1.165, 1.54) is 24.3 Å². The second-order valence-corrected chi connectivity index (χ2v) is 9.49. The summed E-state index contributed by atoms with van der Waals surface area (Å²) < 4.78 is 68.1. The maximum Gasteiger partial charge on any atom is 0.258 e. The predicted octanol–water partition coefficient (Wildman–Crippen LogP) is 3.03. The molecule has 0 saturated carbocycles. The molecule has 0 spiro atoms. The van der Waals surface area contributed by atoms with E-state index in [1.54, 1.807) is 19.1 Å². The van der Waals surface area contributed by atoms with E-state index in [-0.39, 0.29) is 16.3 Å². The summed E-state index contributed by atoms with van der Waals surface area (Å²) in [6, 6.07) is 10.8. The molecule has 0 aliphatic heterocycles. The zero-order valence-corrected chi connectivity index (χ0v) is 15.4. The highest BCUT2D eigenvalue weighted by atomic mass is 32.2. The van der Waals surface area contributed by atoms with Crippen molar-refractivity contribution in [2.45, 2.75) is 21.9 Å². The fourth-order valence-corrected chi connectivity index (χ4v) is 4.80. The van der Waals surface area contributed by atoms with Gasteiger partial charge in [0.25, 0.3) is 5.09 Å². The predicted molar refractivity (Wildman–Crippen MR) is 91.6 cm³/mol. The van der Waals surface area contributed by atoms with Crippen LogP contribution in [-0.4, -0.2) is 28.1 Å². The van der Waals surface area contributed by atoms with Crippen LogP contribution in [0.25, 0.3) is 11.5 Å². The van der Waals surface area contributed by atoms with E-state index in [9.17, 15) is 21.2 Å². The molecule has 0 aliphatic rings. The van der Waals surface area contributed by atoms with Gasteiger partial charge in [0.15, 0.2) is 0 Å². The molecular formula is C17H14FNO5S2. The van der Waals surface area contributed by atoms with E-state index in [0.29, 0.717) is 0 Å². The second kappa shape index (κ2) is 6.33. The van der Waals surface area contributed by atoms with Crippen LogP contribution in [-0.2, 0) is 19.7 Å². The van der Waals surface area contributed by atoms with Crippen molar-refractivity contribution in [2.24, 2.45) is 0 Å². The second-order valence-electron chi connectivity index (χ2n) is 5.71. The van der Waals surface area contributed by atoms with Crippen LogP contribution in [0, 0.1) is 12.7 Å². The van der Waals surface area contributed by atoms with Crippen LogP contribution in [0.3, 0.4) is 0 Å². The molecule has 1 heterocycles. The van der Waals surface area contributed by atoms with Gasteiger partial charge in [-0.3, -0.25) is 0 Å². The molecule has 9 heteroatoms. The van der Waals surface area contributed by atoms with Crippen molar-refractivity contribution >= 4 is 19.7 Å². The van der Waals surface area contributed by atoms with Crippen molar-refractivity contribution in [3.63, 3.8) is 0 Å². The van der Waals surface area contributed by atoms with Crippen LogP contribution in [0.5, 0.6) is 0 Å². The van der Waals surface area contributed by atoms with E-state index < -0.39 is 35.6 Å². The SMILES string of the molecule is Cc1ccc(S(=O)(=O)c2nc(-c3ccc(F)cc3)oc2S(C)(=O)=O)cc1. The fourth-order valence-electron chi connectivity index (χ4n) is 2.24. The quantitative estimate of drug-likeness (QED) is 0.674. The Balaban J connectivity index is 2.23. The summed E-state index contributed by atoms with van der Waals surface area (Å²) in [5.41, 5.74) is 1.10. The van der Waals surface area contributed by atoms with Crippen molar-refractivity contribution in [2.75, 3.05) is 6.26 Å². The Kier molecular flexibility index (Phi) is 4.45. The summed E-state index contributed by atoms with van der Waals surface area (Å²) in [6.45, 7) is 1.79. The maximum absolute atomic E-state index is 13.1. The zero-order valence-electron chi connectivity index (χ0n) is 13.8. The zero-order chi connectivity index (χ0) is 19.1. The Morgan fingerprint density at radius 3 is 2.04 bits per heavy atom. The van der Waals surface area contributed by atoms with Gasteiger partial charge in [-0.1, -0.05) is 17.7 Å². The Morgan fingerprint density at radius 1 is 0.923 bits per heavy atom. The van der Waals surface area contributed by atoms with Gasteiger partial charge in [0, 0.05) is 11.8 Å². The largest absolute Gasteiger partial charge is 0.423 e. The third kappa shape index (κ3) is 3.40. The number of hydrogen-bond acceptors (Lipinski definition) is 6. The summed E-state index contributed by atoms with van der Waals surface area (Å²) in [6.07, 6.45) is 0.829. The van der Waals surface area contributed by atoms with Crippen LogP contribution in [0.2, 0.25) is 0 Å². The first kappa shape index (κ1) is 18.3. The monoisotopic (exact) mass is 395 g/mol. The van der Waals surface area contributed by atoms with Gasteiger partial charge in [-0.25, -0.2) is 21.2 Å². The van der Waals surface area contributed by atoms with Crippen LogP contribution in [0.15, 0.2) is 68.0 Å². The molecule has 0 aliphatic carbocycles. The van der Waals surface area contributed by atoms with Gasteiger partial charge in [-0.05, 0) is 43.3 Å². The van der Waals surface area contributed by atoms with E-state index in [4.69, 9.17) is 4.42 Å². The molecular weight excluding hydrogens is 381 g/mol. The number of hydrogen-bond donors (Lipinski definition) is 0. The van der Waals surface area contributed by atoms with Crippen molar-refractivity contribution in [3.8, 4) is 11.5 Å². The molecule has 0 amide bonds. The minimum Gasteiger partial charge on any atom is -0.423 e. The highest BCUT2D eigenvalue weighted by molar-refractivity contribution is 7.94. The van der Waals surface area contributed by atoms with Crippen LogP contribution in [0.4, 0.5) is 4.39 Å². The molecule has 3 rings (SSSR count). The molecule has 6 nitrogen and oxygen atoms in total. The van der Waals surface area contributed by atoms with Gasteiger partial charge in [-0.15, -0.1) is 0 Å². The van der Waals surface area contributed by atoms with Crippen LogP contribution in [0.1, 0.15) is 5.56 Å². The van der Waals surface area contributed by atoms with Crippen LogP contribution < -0.4 is 0 Å². The highest BCUT2D eigenvalue weighted by Gasteiger charge is 2.33. The van der Waals surface area contributed by atoms with Crippen molar-refractivity contribution in [3.05, 3.63) is 59.9 Å². The van der Waals surface area contributed by atoms with E-state index in [2.05, 4.69) is 4.98 Å². The van der Waals surface area contributed by atoms with Gasteiger partial charge in [-0.2, -0.15) is 4.98 Å². The van der Waals surface area contributed by atoms with Gasteiger partial charge >= 0.3 is 0 Å². The lowest BCUT2D eigenvalue weighted by Gasteiger charge is -2.03. The number of sulfone groups is 2. The maximum atomic E-state index is 13.1. The molecule has 0 fully saturated rings. The number of benzene rings is 2. The number of aromatic nitrogens is 1. The lowest BCUT2D eigenvalue weighted by molar-refractivity contribution is 0.447. The Labute approximate surface area is 150 Å². The molecule has 136 valence electrons.